The smallest absolute Gasteiger partial charge is 0.305 e. The van der Waals surface area contributed by atoms with E-state index < -0.39 is 45.8 Å². The predicted octanol–water partition coefficient (Wildman–Crippen LogP) is 2.85. The summed E-state index contributed by atoms with van der Waals surface area (Å²) in [4.78, 5) is 39.9. The average Bonchev–Trinajstić information content (AvgIpc) is 3.39. The second-order valence-electron chi connectivity index (χ2n) is 9.78. The molecule has 2 unspecified atom stereocenters. The van der Waals surface area contributed by atoms with Crippen molar-refractivity contribution in [1.29, 1.82) is 0 Å². The lowest BCUT2D eigenvalue weighted by Gasteiger charge is -2.34. The Balaban J connectivity index is 1.69. The van der Waals surface area contributed by atoms with E-state index >= 15 is 0 Å². The number of nitrogens with one attached hydrogen (secondary N) is 1. The molecule has 39 heavy (non-hydrogen) atoms. The number of nitrogens with zero attached hydrogens (tertiary/aromatic N) is 2. The molecule has 2 N–H and O–H groups in total. The van der Waals surface area contributed by atoms with E-state index in [-0.39, 0.29) is 35.9 Å². The molecule has 1 aliphatic carbocycles. The summed E-state index contributed by atoms with van der Waals surface area (Å²) in [5.74, 6) is -2.74. The third-order valence-electron chi connectivity index (χ3n) is 7.30. The third-order valence-corrected chi connectivity index (χ3v) is 9.17. The van der Waals surface area contributed by atoms with Gasteiger partial charge in [-0.3, -0.25) is 14.4 Å². The summed E-state index contributed by atoms with van der Waals surface area (Å²) < 4.78 is 46.8. The van der Waals surface area contributed by atoms with Crippen LogP contribution in [0.25, 0.3) is 0 Å². The fourth-order valence-electron chi connectivity index (χ4n) is 5.32. The van der Waals surface area contributed by atoms with E-state index in [0.717, 1.165) is 65.6 Å². The van der Waals surface area contributed by atoms with E-state index in [9.17, 15) is 32.3 Å². The van der Waals surface area contributed by atoms with Crippen molar-refractivity contribution < 1.29 is 37.0 Å². The summed E-state index contributed by atoms with van der Waals surface area (Å²) in [6.07, 6.45) is 2.44. The van der Waals surface area contributed by atoms with Crippen molar-refractivity contribution in [2.75, 3.05) is 20.2 Å². The van der Waals surface area contributed by atoms with Gasteiger partial charge in [0.25, 0.3) is 11.8 Å². The molecule has 0 radical (unpaired) electrons. The van der Waals surface area contributed by atoms with Crippen molar-refractivity contribution in [3.8, 4) is 5.75 Å². The van der Waals surface area contributed by atoms with Gasteiger partial charge in [0.15, 0.2) is 6.17 Å². The number of carboxylic acids is 1. The number of amides is 2. The molecule has 2 aliphatic rings. The highest BCUT2D eigenvalue weighted by Gasteiger charge is 2.47. The van der Waals surface area contributed by atoms with Crippen molar-refractivity contribution >= 4 is 27.8 Å². The Labute approximate surface area is 226 Å². The first kappa shape index (κ1) is 28.5. The molecule has 2 fully saturated rings. The minimum atomic E-state index is -4.32. The summed E-state index contributed by atoms with van der Waals surface area (Å²) in [6, 6.07) is 9.76. The molecule has 210 valence electrons. The number of hydrogen-bond acceptors (Lipinski definition) is 6. The van der Waals surface area contributed by atoms with Crippen LogP contribution in [-0.4, -0.2) is 72.9 Å². The van der Waals surface area contributed by atoms with Gasteiger partial charge < -0.3 is 20.1 Å². The van der Waals surface area contributed by atoms with Gasteiger partial charge in [-0.15, -0.1) is 0 Å². The van der Waals surface area contributed by atoms with Crippen LogP contribution in [0, 0.1) is 11.7 Å². The Morgan fingerprint density at radius 3 is 2.41 bits per heavy atom. The van der Waals surface area contributed by atoms with Gasteiger partial charge in [0.1, 0.15) is 11.6 Å². The molecule has 1 aliphatic heterocycles. The van der Waals surface area contributed by atoms with Gasteiger partial charge in [0, 0.05) is 24.7 Å². The number of ether oxygens (including phenoxy) is 1. The van der Waals surface area contributed by atoms with Gasteiger partial charge in [-0.25, -0.2) is 12.8 Å². The van der Waals surface area contributed by atoms with Crippen LogP contribution in [0.5, 0.6) is 5.75 Å². The number of sulfonamides is 1. The van der Waals surface area contributed by atoms with Gasteiger partial charge in [-0.2, -0.15) is 4.31 Å². The van der Waals surface area contributed by atoms with Gasteiger partial charge in [-0.1, -0.05) is 25.3 Å². The maximum Gasteiger partial charge on any atom is 0.305 e. The fraction of sp³-hybridized carbons (Fsp3) is 0.444. The Kier molecular flexibility index (Phi) is 8.86. The summed E-state index contributed by atoms with van der Waals surface area (Å²) >= 11 is 0. The van der Waals surface area contributed by atoms with Crippen molar-refractivity contribution in [1.82, 2.24) is 14.5 Å². The van der Waals surface area contributed by atoms with Crippen LogP contribution in [0.2, 0.25) is 0 Å². The molecular weight excluding hydrogens is 529 g/mol. The van der Waals surface area contributed by atoms with E-state index in [2.05, 4.69) is 5.32 Å². The summed E-state index contributed by atoms with van der Waals surface area (Å²) in [5, 5.41) is 12.3. The van der Waals surface area contributed by atoms with Crippen molar-refractivity contribution in [3.63, 3.8) is 0 Å². The van der Waals surface area contributed by atoms with Crippen LogP contribution < -0.4 is 10.1 Å². The zero-order valence-electron chi connectivity index (χ0n) is 21.6. The zero-order valence-corrected chi connectivity index (χ0v) is 22.4. The monoisotopic (exact) mass is 561 g/mol. The molecule has 2 atom stereocenters. The number of rotatable bonds is 9. The Morgan fingerprint density at radius 2 is 1.77 bits per heavy atom. The largest absolute Gasteiger partial charge is 0.497 e. The Morgan fingerprint density at radius 1 is 1.08 bits per heavy atom. The standard InChI is InChI=1S/C27H32FN3O7S/c1-38-21-9-5-8-19(16-21)27(35)30-14-15-31(39(36,37)22-12-10-20(28)11-13-22)26(30)25(34)29-23(17-24(32)33)18-6-3-2-4-7-18/h5,8-13,16,18,23,26H,2-4,6-7,14-15,17H2,1H3,(H,29,34)(H,32,33). The molecule has 1 heterocycles. The van der Waals surface area contributed by atoms with Crippen LogP contribution in [0.3, 0.4) is 0 Å². The van der Waals surface area contributed by atoms with Crippen molar-refractivity contribution in [2.45, 2.75) is 55.6 Å². The second kappa shape index (κ2) is 12.1. The number of carbonyl (C=O) groups excluding carboxylic acids is 2. The maximum atomic E-state index is 13.8. The van der Waals surface area contributed by atoms with Gasteiger partial charge >= 0.3 is 5.97 Å². The van der Waals surface area contributed by atoms with Crippen LogP contribution in [0.15, 0.2) is 53.4 Å². The third kappa shape index (κ3) is 6.39. The fourth-order valence-corrected chi connectivity index (χ4v) is 6.87. The first-order valence-corrected chi connectivity index (χ1v) is 14.3. The Bertz CT molecular complexity index is 1310. The molecule has 2 aromatic carbocycles. The van der Waals surface area contributed by atoms with E-state index in [1.807, 2.05) is 0 Å². The lowest BCUT2D eigenvalue weighted by molar-refractivity contribution is -0.138. The van der Waals surface area contributed by atoms with Gasteiger partial charge in [0.2, 0.25) is 10.0 Å². The van der Waals surface area contributed by atoms with E-state index in [1.165, 1.54) is 19.2 Å². The first-order valence-electron chi connectivity index (χ1n) is 12.9. The highest BCUT2D eigenvalue weighted by molar-refractivity contribution is 7.89. The molecule has 0 bridgehead atoms. The van der Waals surface area contributed by atoms with Crippen LogP contribution in [0.4, 0.5) is 4.39 Å². The van der Waals surface area contributed by atoms with Crippen LogP contribution in [0.1, 0.15) is 48.9 Å². The average molecular weight is 562 g/mol. The molecule has 1 saturated heterocycles. The molecular formula is C27H32FN3O7S. The summed E-state index contributed by atoms with van der Waals surface area (Å²) in [5.41, 5.74) is 0.197. The lowest BCUT2D eigenvalue weighted by Crippen LogP contribution is -2.56. The number of halogens is 1. The highest BCUT2D eigenvalue weighted by atomic mass is 32.2. The lowest BCUT2D eigenvalue weighted by atomic mass is 9.82. The molecule has 10 nitrogen and oxygen atoms in total. The Hall–Kier alpha value is -3.51. The number of carbonyl (C=O) groups is 3. The van der Waals surface area contributed by atoms with E-state index in [1.54, 1.807) is 12.1 Å². The minimum Gasteiger partial charge on any atom is -0.497 e. The normalized spacial score (nSPS) is 19.4. The van der Waals surface area contributed by atoms with E-state index in [0.29, 0.717) is 5.75 Å². The van der Waals surface area contributed by atoms with Crippen molar-refractivity contribution in [3.05, 3.63) is 59.9 Å². The quantitative estimate of drug-likeness (QED) is 0.481. The van der Waals surface area contributed by atoms with Crippen LogP contribution in [-0.2, 0) is 19.6 Å². The summed E-state index contributed by atoms with van der Waals surface area (Å²) in [6.45, 7) is -0.262. The predicted molar refractivity (Wildman–Crippen MR) is 139 cm³/mol. The molecule has 0 aromatic heterocycles. The summed E-state index contributed by atoms with van der Waals surface area (Å²) in [7, 11) is -2.88. The molecule has 12 heteroatoms. The number of aliphatic carboxylic acids is 1. The van der Waals surface area contributed by atoms with E-state index in [4.69, 9.17) is 4.74 Å². The second-order valence-corrected chi connectivity index (χ2v) is 11.7. The number of hydrogen-bond donors (Lipinski definition) is 2. The number of benzene rings is 2. The maximum absolute atomic E-state index is 13.8. The van der Waals surface area contributed by atoms with Gasteiger partial charge in [-0.05, 0) is 61.2 Å². The number of methoxy groups -OCH3 is 1. The molecule has 2 aromatic rings. The highest BCUT2D eigenvalue weighted by Crippen LogP contribution is 2.30. The number of carboxylic acid groups (broad SMARTS) is 1. The molecule has 2 amide bonds. The van der Waals surface area contributed by atoms with Gasteiger partial charge in [0.05, 0.1) is 18.4 Å². The van der Waals surface area contributed by atoms with Crippen molar-refractivity contribution in [2.24, 2.45) is 5.92 Å². The molecule has 1 saturated carbocycles. The topological polar surface area (TPSA) is 133 Å². The molecule has 0 spiro atoms. The van der Waals surface area contributed by atoms with Crippen LogP contribution >= 0.6 is 0 Å². The minimum absolute atomic E-state index is 0.0788. The zero-order chi connectivity index (χ0) is 28.2. The molecule has 4 rings (SSSR count). The SMILES string of the molecule is COc1cccc(C(=O)N2CCN(S(=O)(=O)c3ccc(F)cc3)C2C(=O)NC(CC(=O)O)C2CCCCC2)c1. The first-order chi connectivity index (χ1) is 18.6.